The Hall–Kier alpha value is -1.89. The molecule has 0 aliphatic rings. The molecule has 6 nitrogen and oxygen atoms in total. The average Bonchev–Trinajstić information content (AvgIpc) is 2.38. The molecule has 0 saturated heterocycles. The number of ether oxygens (including phenoxy) is 1. The van der Waals surface area contributed by atoms with E-state index in [-0.39, 0.29) is 11.7 Å². The van der Waals surface area contributed by atoms with Gasteiger partial charge in [-0.2, -0.15) is 0 Å². The van der Waals surface area contributed by atoms with Crippen LogP contribution >= 0.6 is 0 Å². The van der Waals surface area contributed by atoms with E-state index in [1.807, 2.05) is 0 Å². The van der Waals surface area contributed by atoms with E-state index < -0.39 is 27.9 Å². The number of rotatable bonds is 7. The number of carbonyl (C=O) groups is 2. The van der Waals surface area contributed by atoms with Crippen LogP contribution in [0.5, 0.6) is 5.75 Å². The summed E-state index contributed by atoms with van der Waals surface area (Å²) < 4.78 is 17.0. The van der Waals surface area contributed by atoms with E-state index in [4.69, 9.17) is 9.84 Å². The number of carboxylic acids is 1. The topological polar surface area (TPSA) is 92.7 Å². The van der Waals surface area contributed by atoms with Gasteiger partial charge in [0.05, 0.1) is 7.11 Å². The monoisotopic (exact) mass is 313 g/mol. The molecule has 2 unspecified atom stereocenters. The van der Waals surface area contributed by atoms with Crippen molar-refractivity contribution >= 4 is 28.4 Å². The zero-order chi connectivity index (χ0) is 16.0. The van der Waals surface area contributed by atoms with Crippen LogP contribution in [0.15, 0.2) is 24.3 Å². The van der Waals surface area contributed by atoms with Crippen molar-refractivity contribution in [2.75, 3.05) is 18.2 Å². The maximum absolute atomic E-state index is 12.0. The third-order valence-electron chi connectivity index (χ3n) is 2.78. The zero-order valence-electron chi connectivity index (χ0n) is 12.2. The highest BCUT2D eigenvalue weighted by Gasteiger charge is 2.29. The summed E-state index contributed by atoms with van der Waals surface area (Å²) in [4.78, 5) is 22.9. The largest absolute Gasteiger partial charge is 0.497 e. The normalized spacial score (nSPS) is 13.5. The summed E-state index contributed by atoms with van der Waals surface area (Å²) in [6.45, 7) is 3.33. The first kappa shape index (κ1) is 17.2. The van der Waals surface area contributed by atoms with Crippen molar-refractivity contribution in [1.29, 1.82) is 0 Å². The summed E-state index contributed by atoms with van der Waals surface area (Å²) in [5, 5.41) is 10.6. The number of methoxy groups -OCH3 is 1. The van der Waals surface area contributed by atoms with E-state index in [9.17, 15) is 13.8 Å². The van der Waals surface area contributed by atoms with E-state index in [1.54, 1.807) is 38.1 Å². The Bertz CT molecular complexity index is 527. The van der Waals surface area contributed by atoms with Crippen molar-refractivity contribution in [3.8, 4) is 5.75 Å². The molecule has 21 heavy (non-hydrogen) atoms. The van der Waals surface area contributed by atoms with Crippen molar-refractivity contribution in [3.05, 3.63) is 24.3 Å². The Morgan fingerprint density at radius 2 is 1.86 bits per heavy atom. The molecule has 7 heteroatoms. The maximum Gasteiger partial charge on any atom is 0.319 e. The smallest absolute Gasteiger partial charge is 0.319 e. The molecule has 2 N–H and O–H groups in total. The van der Waals surface area contributed by atoms with Gasteiger partial charge in [0, 0.05) is 16.5 Å². The molecule has 1 amide bonds. The minimum absolute atomic E-state index is 0.308. The maximum atomic E-state index is 12.0. The molecule has 0 spiro atoms. The highest BCUT2D eigenvalue weighted by atomic mass is 32.2. The molecular weight excluding hydrogens is 294 g/mol. The van der Waals surface area contributed by atoms with Crippen LogP contribution in [0.25, 0.3) is 0 Å². The third kappa shape index (κ3) is 5.18. The third-order valence-corrected chi connectivity index (χ3v) is 4.64. The van der Waals surface area contributed by atoms with Crippen molar-refractivity contribution in [2.24, 2.45) is 5.92 Å². The van der Waals surface area contributed by atoms with Crippen molar-refractivity contribution in [3.63, 3.8) is 0 Å². The Kier molecular flexibility index (Phi) is 6.36. The lowest BCUT2D eigenvalue weighted by Crippen LogP contribution is -2.35. The molecule has 0 heterocycles. The van der Waals surface area contributed by atoms with Gasteiger partial charge in [-0.25, -0.2) is 0 Å². The number of carboxylic acid groups (broad SMARTS) is 1. The number of carbonyl (C=O) groups excluding carboxylic acids is 1. The molecule has 0 radical (unpaired) electrons. The van der Waals surface area contributed by atoms with Crippen LogP contribution in [0.1, 0.15) is 13.8 Å². The van der Waals surface area contributed by atoms with Crippen LogP contribution < -0.4 is 10.1 Å². The highest BCUT2D eigenvalue weighted by Crippen LogP contribution is 2.15. The van der Waals surface area contributed by atoms with Crippen LogP contribution in [0.3, 0.4) is 0 Å². The van der Waals surface area contributed by atoms with Gasteiger partial charge in [-0.15, -0.1) is 0 Å². The van der Waals surface area contributed by atoms with Gasteiger partial charge in [-0.3, -0.25) is 13.8 Å². The number of aliphatic carboxylic acids is 1. The second-order valence-corrected chi connectivity index (χ2v) is 6.36. The van der Waals surface area contributed by atoms with Gasteiger partial charge in [-0.1, -0.05) is 13.8 Å². The van der Waals surface area contributed by atoms with Gasteiger partial charge in [0.25, 0.3) is 0 Å². The predicted molar refractivity (Wildman–Crippen MR) is 80.9 cm³/mol. The van der Waals surface area contributed by atoms with Crippen LogP contribution in [-0.2, 0) is 20.4 Å². The van der Waals surface area contributed by atoms with E-state index in [1.165, 1.54) is 7.11 Å². The Balaban J connectivity index is 2.63. The number of hydrogen-bond donors (Lipinski definition) is 2. The molecule has 0 saturated carbocycles. The fraction of sp³-hybridized carbons (Fsp3) is 0.429. The minimum Gasteiger partial charge on any atom is -0.497 e. The fourth-order valence-corrected chi connectivity index (χ4v) is 3.13. The molecule has 0 aromatic heterocycles. The lowest BCUT2D eigenvalue weighted by molar-refractivity contribution is -0.137. The number of nitrogens with one attached hydrogen (secondary N) is 1. The summed E-state index contributed by atoms with van der Waals surface area (Å²) in [7, 11) is -0.228. The number of amides is 1. The molecule has 116 valence electrons. The molecular formula is C14H19NO5S. The molecule has 1 aromatic carbocycles. The summed E-state index contributed by atoms with van der Waals surface area (Å²) in [6, 6.07) is 6.66. The van der Waals surface area contributed by atoms with Crippen LogP contribution in [-0.4, -0.2) is 39.3 Å². The quantitative estimate of drug-likeness (QED) is 0.795. The van der Waals surface area contributed by atoms with Crippen molar-refractivity contribution in [2.45, 2.75) is 19.1 Å². The highest BCUT2D eigenvalue weighted by molar-refractivity contribution is 7.87. The molecule has 1 aromatic rings. The lowest BCUT2D eigenvalue weighted by atomic mass is 10.1. The Morgan fingerprint density at radius 3 is 2.29 bits per heavy atom. The average molecular weight is 313 g/mol. The number of anilines is 1. The molecule has 0 bridgehead atoms. The van der Waals surface area contributed by atoms with Gasteiger partial charge < -0.3 is 15.2 Å². The first-order chi connectivity index (χ1) is 9.85. The van der Waals surface area contributed by atoms with Gasteiger partial charge >= 0.3 is 5.97 Å². The van der Waals surface area contributed by atoms with E-state index in [0.29, 0.717) is 11.4 Å². The van der Waals surface area contributed by atoms with Crippen LogP contribution in [0.2, 0.25) is 0 Å². The van der Waals surface area contributed by atoms with Crippen molar-refractivity contribution < 1.29 is 23.6 Å². The van der Waals surface area contributed by atoms with Gasteiger partial charge in [0.2, 0.25) is 5.91 Å². The lowest BCUT2D eigenvalue weighted by Gasteiger charge is -2.15. The van der Waals surface area contributed by atoms with E-state index in [2.05, 4.69) is 5.32 Å². The molecule has 2 atom stereocenters. The number of benzene rings is 1. The van der Waals surface area contributed by atoms with Gasteiger partial charge in [0.15, 0.2) is 0 Å². The molecule has 0 aliphatic carbocycles. The molecule has 0 fully saturated rings. The van der Waals surface area contributed by atoms with E-state index >= 15 is 0 Å². The zero-order valence-corrected chi connectivity index (χ0v) is 13.0. The standard InChI is InChI=1S/C14H19NO5S/c1-9(2)13(14(17)18)21(19)8-12(16)15-10-4-6-11(20-3)7-5-10/h4-7,9,13H,8H2,1-3H3,(H,15,16)(H,17,18). The van der Waals surface area contributed by atoms with Crippen molar-refractivity contribution in [1.82, 2.24) is 0 Å². The first-order valence-corrected chi connectivity index (χ1v) is 7.77. The molecule has 0 aliphatic heterocycles. The second kappa shape index (κ2) is 7.78. The van der Waals surface area contributed by atoms with Crippen LogP contribution in [0.4, 0.5) is 5.69 Å². The summed E-state index contributed by atoms with van der Waals surface area (Å²) in [5.74, 6) is -1.63. The fourth-order valence-electron chi connectivity index (χ4n) is 1.79. The van der Waals surface area contributed by atoms with Gasteiger partial charge in [0.1, 0.15) is 16.8 Å². The Morgan fingerprint density at radius 1 is 1.29 bits per heavy atom. The predicted octanol–water partition coefficient (Wildman–Crippen LogP) is 1.49. The summed E-state index contributed by atoms with van der Waals surface area (Å²) >= 11 is 0. The SMILES string of the molecule is COc1ccc(NC(=O)CS(=O)C(C(=O)O)C(C)C)cc1. The minimum atomic E-state index is -1.76. The summed E-state index contributed by atoms with van der Waals surface area (Å²) in [6.07, 6.45) is 0. The molecule has 1 rings (SSSR count). The Labute approximate surface area is 126 Å². The van der Waals surface area contributed by atoms with E-state index in [0.717, 1.165) is 0 Å². The first-order valence-electron chi connectivity index (χ1n) is 6.39. The van der Waals surface area contributed by atoms with Gasteiger partial charge in [-0.05, 0) is 30.2 Å². The van der Waals surface area contributed by atoms with Crippen LogP contribution in [0, 0.1) is 5.92 Å². The number of hydrogen-bond acceptors (Lipinski definition) is 4. The summed E-state index contributed by atoms with van der Waals surface area (Å²) in [5.41, 5.74) is 0.536. The second-order valence-electron chi connectivity index (χ2n) is 4.80.